The van der Waals surface area contributed by atoms with Crippen LogP contribution in [-0.2, 0) is 0 Å². The van der Waals surface area contributed by atoms with Crippen LogP contribution in [-0.4, -0.2) is 23.7 Å². The average molecular weight is 311 g/mol. The molecule has 120 valence electrons. The van der Waals surface area contributed by atoms with Gasteiger partial charge < -0.3 is 4.74 Å². The van der Waals surface area contributed by atoms with Gasteiger partial charge in [-0.1, -0.05) is 31.9 Å². The number of benzene rings is 1. The van der Waals surface area contributed by atoms with Crippen molar-refractivity contribution in [1.82, 2.24) is 10.4 Å². The number of rotatable bonds is 8. The van der Waals surface area contributed by atoms with Gasteiger partial charge >= 0.3 is 0 Å². The molecule has 0 spiro atoms. The number of carbonyl (C=O) groups is 1. The average Bonchev–Trinajstić information content (AvgIpc) is 2.60. The molecule has 0 aliphatic heterocycles. The van der Waals surface area contributed by atoms with E-state index in [0.717, 1.165) is 17.7 Å². The second-order valence-electron chi connectivity index (χ2n) is 5.07. The molecule has 1 amide bonds. The Morgan fingerprint density at radius 1 is 1.30 bits per heavy atom. The fourth-order valence-electron chi connectivity index (χ4n) is 1.95. The molecule has 0 unspecified atom stereocenters. The van der Waals surface area contributed by atoms with Gasteiger partial charge in [-0.3, -0.25) is 9.78 Å². The molecule has 0 radical (unpaired) electrons. The van der Waals surface area contributed by atoms with Crippen LogP contribution in [0.2, 0.25) is 0 Å². The molecule has 0 bridgehead atoms. The molecular weight excluding hydrogens is 290 g/mol. The molecule has 0 saturated heterocycles. The Balaban J connectivity index is 1.86. The van der Waals surface area contributed by atoms with Gasteiger partial charge in [0.1, 0.15) is 5.75 Å². The van der Waals surface area contributed by atoms with Gasteiger partial charge in [-0.25, -0.2) is 5.43 Å². The van der Waals surface area contributed by atoms with Gasteiger partial charge in [-0.15, -0.1) is 0 Å². The zero-order valence-electron chi connectivity index (χ0n) is 13.2. The topological polar surface area (TPSA) is 63.6 Å². The van der Waals surface area contributed by atoms with Crippen LogP contribution in [0.15, 0.2) is 53.9 Å². The highest BCUT2D eigenvalue weighted by Gasteiger charge is 2.02. The lowest BCUT2D eigenvalue weighted by Gasteiger charge is -2.06. The lowest BCUT2D eigenvalue weighted by molar-refractivity contribution is 0.0955. The van der Waals surface area contributed by atoms with Crippen molar-refractivity contribution in [2.45, 2.75) is 26.2 Å². The van der Waals surface area contributed by atoms with Crippen LogP contribution in [0.1, 0.15) is 42.1 Å². The highest BCUT2D eigenvalue weighted by molar-refractivity contribution is 5.94. The standard InChI is InChI=1S/C18H21N3O2/c1-2-3-4-11-23-17-9-5-7-15(12-17)13-20-21-18(22)16-8-6-10-19-14-16/h5-10,12-14H,2-4,11H2,1H3,(H,21,22). The molecule has 1 aromatic carbocycles. The molecule has 0 aliphatic carbocycles. The molecule has 0 atom stereocenters. The highest BCUT2D eigenvalue weighted by Crippen LogP contribution is 2.12. The third kappa shape index (κ3) is 5.90. The van der Waals surface area contributed by atoms with Crippen LogP contribution < -0.4 is 10.2 Å². The molecule has 2 rings (SSSR count). The van der Waals surface area contributed by atoms with E-state index in [4.69, 9.17) is 4.74 Å². The minimum atomic E-state index is -0.290. The van der Waals surface area contributed by atoms with Gasteiger partial charge in [0.05, 0.1) is 18.4 Å². The number of pyridine rings is 1. The third-order valence-corrected chi connectivity index (χ3v) is 3.18. The van der Waals surface area contributed by atoms with Crippen molar-refractivity contribution in [2.24, 2.45) is 5.10 Å². The van der Waals surface area contributed by atoms with Crippen LogP contribution in [0.4, 0.5) is 0 Å². The maximum absolute atomic E-state index is 11.8. The first-order chi connectivity index (χ1) is 11.3. The van der Waals surface area contributed by atoms with Gasteiger partial charge in [-0.2, -0.15) is 5.10 Å². The van der Waals surface area contributed by atoms with Gasteiger partial charge in [0, 0.05) is 12.4 Å². The van der Waals surface area contributed by atoms with Crippen LogP contribution in [0.3, 0.4) is 0 Å². The smallest absolute Gasteiger partial charge is 0.272 e. The number of nitrogens with one attached hydrogen (secondary N) is 1. The molecule has 5 heteroatoms. The number of unbranched alkanes of at least 4 members (excludes halogenated alkanes) is 2. The maximum atomic E-state index is 11.8. The minimum Gasteiger partial charge on any atom is -0.494 e. The summed E-state index contributed by atoms with van der Waals surface area (Å²) in [5.74, 6) is 0.518. The quantitative estimate of drug-likeness (QED) is 0.461. The van der Waals surface area contributed by atoms with Crippen molar-refractivity contribution < 1.29 is 9.53 Å². The zero-order valence-corrected chi connectivity index (χ0v) is 13.2. The van der Waals surface area contributed by atoms with Crippen molar-refractivity contribution in [3.8, 4) is 5.75 Å². The Labute approximate surface area is 136 Å². The molecule has 2 aromatic rings. The van der Waals surface area contributed by atoms with Crippen LogP contribution in [0.25, 0.3) is 0 Å². The third-order valence-electron chi connectivity index (χ3n) is 3.18. The number of hydrazone groups is 1. The minimum absolute atomic E-state index is 0.290. The van der Waals surface area contributed by atoms with Crippen LogP contribution in [0, 0.1) is 0 Å². The molecular formula is C18H21N3O2. The summed E-state index contributed by atoms with van der Waals surface area (Å²) in [5.41, 5.74) is 3.81. The molecule has 1 heterocycles. The van der Waals surface area contributed by atoms with Gasteiger partial charge in [0.25, 0.3) is 5.91 Å². The summed E-state index contributed by atoms with van der Waals surface area (Å²) in [6.07, 6.45) is 8.10. The summed E-state index contributed by atoms with van der Waals surface area (Å²) < 4.78 is 5.69. The molecule has 1 N–H and O–H groups in total. The Morgan fingerprint density at radius 3 is 3.00 bits per heavy atom. The lowest BCUT2D eigenvalue weighted by atomic mass is 10.2. The van der Waals surface area contributed by atoms with E-state index in [9.17, 15) is 4.79 Å². The van der Waals surface area contributed by atoms with E-state index < -0.39 is 0 Å². The Hall–Kier alpha value is -2.69. The summed E-state index contributed by atoms with van der Waals surface area (Å²) in [7, 11) is 0. The number of ether oxygens (including phenoxy) is 1. The number of hydrogen-bond donors (Lipinski definition) is 1. The van der Waals surface area contributed by atoms with E-state index in [-0.39, 0.29) is 5.91 Å². The second kappa shape index (κ2) is 9.35. The maximum Gasteiger partial charge on any atom is 0.272 e. The van der Waals surface area contributed by atoms with Crippen molar-refractivity contribution in [3.63, 3.8) is 0 Å². The molecule has 0 saturated carbocycles. The SMILES string of the molecule is CCCCCOc1cccc(C=NNC(=O)c2cccnc2)c1. The van der Waals surface area contributed by atoms with Crippen molar-refractivity contribution >= 4 is 12.1 Å². The van der Waals surface area contributed by atoms with Gasteiger partial charge in [0.2, 0.25) is 0 Å². The van der Waals surface area contributed by atoms with E-state index in [1.807, 2.05) is 24.3 Å². The summed E-state index contributed by atoms with van der Waals surface area (Å²) in [6, 6.07) is 11.0. The normalized spacial score (nSPS) is 10.7. The Bertz CT molecular complexity index is 642. The van der Waals surface area contributed by atoms with E-state index in [1.54, 1.807) is 24.5 Å². The fourth-order valence-corrected chi connectivity index (χ4v) is 1.95. The molecule has 1 aromatic heterocycles. The molecule has 5 nitrogen and oxygen atoms in total. The van der Waals surface area contributed by atoms with E-state index in [2.05, 4.69) is 22.4 Å². The monoisotopic (exact) mass is 311 g/mol. The second-order valence-corrected chi connectivity index (χ2v) is 5.07. The first-order valence-corrected chi connectivity index (χ1v) is 7.76. The fraction of sp³-hybridized carbons (Fsp3) is 0.278. The lowest BCUT2D eigenvalue weighted by Crippen LogP contribution is -2.17. The summed E-state index contributed by atoms with van der Waals surface area (Å²) in [6.45, 7) is 2.88. The summed E-state index contributed by atoms with van der Waals surface area (Å²) in [5, 5.41) is 3.96. The number of amides is 1. The predicted molar refractivity (Wildman–Crippen MR) is 90.8 cm³/mol. The van der Waals surface area contributed by atoms with Crippen molar-refractivity contribution in [3.05, 3.63) is 59.9 Å². The molecule has 23 heavy (non-hydrogen) atoms. The van der Waals surface area contributed by atoms with Crippen LogP contribution >= 0.6 is 0 Å². The van der Waals surface area contributed by atoms with Crippen LogP contribution in [0.5, 0.6) is 5.75 Å². The van der Waals surface area contributed by atoms with E-state index >= 15 is 0 Å². The largest absolute Gasteiger partial charge is 0.494 e. The molecule has 0 fully saturated rings. The Morgan fingerprint density at radius 2 is 2.22 bits per heavy atom. The summed E-state index contributed by atoms with van der Waals surface area (Å²) >= 11 is 0. The zero-order chi connectivity index (χ0) is 16.3. The van der Waals surface area contributed by atoms with Gasteiger partial charge in [-0.05, 0) is 36.2 Å². The predicted octanol–water partition coefficient (Wildman–Crippen LogP) is 3.41. The van der Waals surface area contributed by atoms with Crippen molar-refractivity contribution in [2.75, 3.05) is 6.61 Å². The Kier molecular flexibility index (Phi) is 6.78. The number of carbonyl (C=O) groups excluding carboxylic acids is 1. The summed E-state index contributed by atoms with van der Waals surface area (Å²) in [4.78, 5) is 15.7. The highest BCUT2D eigenvalue weighted by atomic mass is 16.5. The first kappa shape index (κ1) is 16.7. The first-order valence-electron chi connectivity index (χ1n) is 7.76. The van der Waals surface area contributed by atoms with Crippen molar-refractivity contribution in [1.29, 1.82) is 0 Å². The van der Waals surface area contributed by atoms with E-state index in [1.165, 1.54) is 19.0 Å². The number of aromatic nitrogens is 1. The van der Waals surface area contributed by atoms with Gasteiger partial charge in [0.15, 0.2) is 0 Å². The van der Waals surface area contributed by atoms with E-state index in [0.29, 0.717) is 12.2 Å². The molecule has 0 aliphatic rings. The number of nitrogens with zero attached hydrogens (tertiary/aromatic N) is 2. The number of hydrogen-bond acceptors (Lipinski definition) is 4.